The summed E-state index contributed by atoms with van der Waals surface area (Å²) in [4.78, 5) is 3.86. The predicted molar refractivity (Wildman–Crippen MR) is 29.2 cm³/mol. The third-order valence-electron chi connectivity index (χ3n) is 0.763. The second-order valence-corrected chi connectivity index (χ2v) is 2.16. The maximum atomic E-state index is 3.86. The Balaban J connectivity index is 2.76. The molecule has 0 aromatic carbocycles. The lowest BCUT2D eigenvalue weighted by Gasteiger charge is -1.85. The highest BCUT2D eigenvalue weighted by Gasteiger charge is 1.79. The van der Waals surface area contributed by atoms with Gasteiger partial charge >= 0.3 is 0 Å². The molecule has 1 heterocycles. The van der Waals surface area contributed by atoms with Crippen molar-refractivity contribution in [3.63, 3.8) is 0 Å². The molecule has 7 heavy (non-hydrogen) atoms. The standard InChI is InChI=1S/C4H6N2Si/c1-7-6-3-2-5-4-6/h2-4H,1H3. The molecule has 0 bridgehead atoms. The van der Waals surface area contributed by atoms with Gasteiger partial charge in [-0.1, -0.05) is 6.55 Å². The first kappa shape index (κ1) is 4.58. The van der Waals surface area contributed by atoms with Gasteiger partial charge in [0, 0.05) is 12.4 Å². The minimum absolute atomic E-state index is 0.809. The van der Waals surface area contributed by atoms with Crippen LogP contribution in [0.5, 0.6) is 0 Å². The highest BCUT2D eigenvalue weighted by atomic mass is 28.2. The van der Waals surface area contributed by atoms with Crippen molar-refractivity contribution in [2.45, 2.75) is 6.55 Å². The first-order valence-electron chi connectivity index (χ1n) is 2.09. The monoisotopic (exact) mass is 110 g/mol. The zero-order chi connectivity index (χ0) is 5.11. The van der Waals surface area contributed by atoms with Crippen molar-refractivity contribution in [3.8, 4) is 0 Å². The molecule has 2 radical (unpaired) electrons. The molecule has 0 aliphatic heterocycles. The van der Waals surface area contributed by atoms with E-state index in [-0.39, 0.29) is 0 Å². The van der Waals surface area contributed by atoms with Gasteiger partial charge in [0.15, 0.2) is 9.68 Å². The highest BCUT2D eigenvalue weighted by molar-refractivity contribution is 6.31. The van der Waals surface area contributed by atoms with Gasteiger partial charge in [0.2, 0.25) is 0 Å². The molecule has 0 aliphatic rings. The van der Waals surface area contributed by atoms with Crippen LogP contribution in [-0.2, 0) is 0 Å². The Labute approximate surface area is 45.1 Å². The van der Waals surface area contributed by atoms with E-state index in [0.717, 1.165) is 9.68 Å². The molecule has 0 saturated carbocycles. The van der Waals surface area contributed by atoms with Crippen molar-refractivity contribution in [2.24, 2.45) is 0 Å². The van der Waals surface area contributed by atoms with E-state index < -0.39 is 0 Å². The summed E-state index contributed by atoms with van der Waals surface area (Å²) in [6.45, 7) is 2.11. The summed E-state index contributed by atoms with van der Waals surface area (Å²) < 4.78 is 2.04. The molecule has 2 nitrogen and oxygen atoms in total. The Morgan fingerprint density at radius 3 is 2.86 bits per heavy atom. The SMILES string of the molecule is C[Si]n1ccnc1. The molecular weight excluding hydrogens is 104 g/mol. The fourth-order valence-electron chi connectivity index (χ4n) is 0.391. The average molecular weight is 110 g/mol. The van der Waals surface area contributed by atoms with Crippen LogP contribution in [0.25, 0.3) is 0 Å². The molecule has 0 atom stereocenters. The van der Waals surface area contributed by atoms with Crippen LogP contribution < -0.4 is 0 Å². The van der Waals surface area contributed by atoms with Crippen LogP contribution in [0.3, 0.4) is 0 Å². The maximum absolute atomic E-state index is 3.86. The minimum Gasteiger partial charge on any atom is -0.366 e. The van der Waals surface area contributed by atoms with Crippen molar-refractivity contribution in [1.82, 2.24) is 9.22 Å². The van der Waals surface area contributed by atoms with Crippen LogP contribution in [0.15, 0.2) is 18.7 Å². The molecule has 0 amide bonds. The molecule has 3 heteroatoms. The van der Waals surface area contributed by atoms with Crippen molar-refractivity contribution in [2.75, 3.05) is 0 Å². The van der Waals surface area contributed by atoms with E-state index in [1.54, 1.807) is 6.20 Å². The van der Waals surface area contributed by atoms with E-state index in [0.29, 0.717) is 0 Å². The van der Waals surface area contributed by atoms with Crippen LogP contribution in [0.4, 0.5) is 0 Å². The molecule has 0 fully saturated rings. The Kier molecular flexibility index (Phi) is 1.26. The summed E-state index contributed by atoms with van der Waals surface area (Å²) in [6.07, 6.45) is 5.56. The second kappa shape index (κ2) is 1.93. The second-order valence-electron chi connectivity index (χ2n) is 1.19. The number of hydrogen-bond donors (Lipinski definition) is 0. The van der Waals surface area contributed by atoms with Crippen LogP contribution >= 0.6 is 0 Å². The fourth-order valence-corrected chi connectivity index (χ4v) is 0.789. The van der Waals surface area contributed by atoms with Crippen LogP contribution in [0.2, 0.25) is 6.55 Å². The summed E-state index contributed by atoms with van der Waals surface area (Å²) in [5, 5.41) is 0. The van der Waals surface area contributed by atoms with Crippen molar-refractivity contribution >= 4 is 9.68 Å². The molecule has 1 aromatic heterocycles. The lowest BCUT2D eigenvalue weighted by Crippen LogP contribution is -1.95. The molecule has 1 aromatic rings. The van der Waals surface area contributed by atoms with Gasteiger partial charge in [-0.2, -0.15) is 0 Å². The normalized spacial score (nSPS) is 9.29. The van der Waals surface area contributed by atoms with Gasteiger partial charge in [-0.05, 0) is 0 Å². The van der Waals surface area contributed by atoms with Gasteiger partial charge in [-0.15, -0.1) is 0 Å². The first-order chi connectivity index (χ1) is 3.43. The molecular formula is C4H6N2Si. The maximum Gasteiger partial charge on any atom is 0.184 e. The number of imidazole rings is 1. The quantitative estimate of drug-likeness (QED) is 0.478. The van der Waals surface area contributed by atoms with Crippen LogP contribution in [-0.4, -0.2) is 18.9 Å². The van der Waals surface area contributed by atoms with Crippen molar-refractivity contribution < 1.29 is 0 Å². The molecule has 0 saturated heterocycles. The molecule has 0 spiro atoms. The minimum atomic E-state index is 0.809. The summed E-state index contributed by atoms with van der Waals surface area (Å²) in [5.74, 6) is 0. The fraction of sp³-hybridized carbons (Fsp3) is 0.250. The third-order valence-corrected chi connectivity index (χ3v) is 1.54. The van der Waals surface area contributed by atoms with Gasteiger partial charge in [-0.25, -0.2) is 4.98 Å². The van der Waals surface area contributed by atoms with Gasteiger partial charge in [-0.3, -0.25) is 0 Å². The summed E-state index contributed by atoms with van der Waals surface area (Å²) >= 11 is 0. The summed E-state index contributed by atoms with van der Waals surface area (Å²) in [6, 6.07) is 0. The van der Waals surface area contributed by atoms with Crippen molar-refractivity contribution in [1.29, 1.82) is 0 Å². The first-order valence-corrected chi connectivity index (χ1v) is 3.54. The largest absolute Gasteiger partial charge is 0.366 e. The predicted octanol–water partition coefficient (Wildman–Crippen LogP) is 0.398. The number of rotatable bonds is 1. The Morgan fingerprint density at radius 2 is 2.57 bits per heavy atom. The van der Waals surface area contributed by atoms with Gasteiger partial charge < -0.3 is 4.23 Å². The third kappa shape index (κ3) is 0.897. The van der Waals surface area contributed by atoms with Gasteiger partial charge in [0.05, 0.1) is 6.33 Å². The summed E-state index contributed by atoms with van der Waals surface area (Å²) in [7, 11) is 0.809. The summed E-state index contributed by atoms with van der Waals surface area (Å²) in [5.41, 5.74) is 0. The highest BCUT2D eigenvalue weighted by Crippen LogP contribution is 1.77. The molecule has 1 rings (SSSR count). The number of aromatic nitrogens is 2. The van der Waals surface area contributed by atoms with E-state index in [2.05, 4.69) is 11.5 Å². The average Bonchev–Trinajstić information content (AvgIpc) is 2.14. The van der Waals surface area contributed by atoms with E-state index in [1.165, 1.54) is 0 Å². The zero-order valence-corrected chi connectivity index (χ0v) is 5.13. The van der Waals surface area contributed by atoms with E-state index in [9.17, 15) is 0 Å². The lowest BCUT2D eigenvalue weighted by atomic mass is 11.0. The van der Waals surface area contributed by atoms with E-state index in [1.807, 2.05) is 16.8 Å². The molecule has 0 unspecified atom stereocenters. The number of hydrogen-bond acceptors (Lipinski definition) is 1. The Morgan fingerprint density at radius 1 is 1.71 bits per heavy atom. The van der Waals surface area contributed by atoms with E-state index in [4.69, 9.17) is 0 Å². The van der Waals surface area contributed by atoms with Gasteiger partial charge in [0.1, 0.15) is 0 Å². The van der Waals surface area contributed by atoms with E-state index >= 15 is 0 Å². The smallest absolute Gasteiger partial charge is 0.184 e. The zero-order valence-electron chi connectivity index (χ0n) is 4.13. The molecule has 0 aliphatic carbocycles. The lowest BCUT2D eigenvalue weighted by molar-refractivity contribution is 1.19. The molecule has 0 N–H and O–H groups in total. The van der Waals surface area contributed by atoms with Crippen molar-refractivity contribution in [3.05, 3.63) is 18.7 Å². The molecule has 36 valence electrons. The van der Waals surface area contributed by atoms with Crippen LogP contribution in [0, 0.1) is 0 Å². The Hall–Kier alpha value is -0.573. The number of nitrogens with zero attached hydrogens (tertiary/aromatic N) is 2. The Bertz CT molecular complexity index is 124. The van der Waals surface area contributed by atoms with Crippen LogP contribution in [0.1, 0.15) is 0 Å². The van der Waals surface area contributed by atoms with Gasteiger partial charge in [0.25, 0.3) is 0 Å². The topological polar surface area (TPSA) is 17.8 Å².